The van der Waals surface area contributed by atoms with Crippen molar-refractivity contribution in [1.82, 2.24) is 10.6 Å². The molecule has 120 valence electrons. The number of hydrogen-bond acceptors (Lipinski definition) is 4. The molecule has 0 aliphatic heterocycles. The Kier molecular flexibility index (Phi) is 8.84. The summed E-state index contributed by atoms with van der Waals surface area (Å²) in [6.07, 6.45) is 2.45. The number of halogens is 1. The standard InChI is InChI=1S/C15H19BrN2O3S/c1-22-8-7-12(18-14(20)9-16)15(21)17-10-13(19)11-5-3-2-4-6-11/h2-6,12H,7-10H2,1H3,(H,17,21)(H,18,20). The fourth-order valence-corrected chi connectivity index (χ4v) is 2.39. The SMILES string of the molecule is CSCCC(NC(=O)CBr)C(=O)NCC(=O)c1ccccc1. The van der Waals surface area contributed by atoms with Crippen LogP contribution >= 0.6 is 27.7 Å². The Morgan fingerprint density at radius 3 is 2.50 bits per heavy atom. The number of carbonyl (C=O) groups excluding carboxylic acids is 3. The van der Waals surface area contributed by atoms with Crippen molar-refractivity contribution >= 4 is 45.3 Å². The number of alkyl halides is 1. The van der Waals surface area contributed by atoms with Gasteiger partial charge in [0.1, 0.15) is 6.04 Å². The lowest BCUT2D eigenvalue weighted by molar-refractivity contribution is -0.127. The zero-order valence-electron chi connectivity index (χ0n) is 12.3. The van der Waals surface area contributed by atoms with Crippen molar-refractivity contribution < 1.29 is 14.4 Å². The Morgan fingerprint density at radius 2 is 1.91 bits per heavy atom. The van der Waals surface area contributed by atoms with Crippen LogP contribution in [-0.2, 0) is 9.59 Å². The molecule has 5 nitrogen and oxygen atoms in total. The van der Waals surface area contributed by atoms with Crippen LogP contribution in [0.25, 0.3) is 0 Å². The third-order valence-corrected chi connectivity index (χ3v) is 4.06. The van der Waals surface area contributed by atoms with Gasteiger partial charge < -0.3 is 10.6 Å². The summed E-state index contributed by atoms with van der Waals surface area (Å²) in [6, 6.07) is 8.14. The van der Waals surface area contributed by atoms with Gasteiger partial charge >= 0.3 is 0 Å². The molecular weight excluding hydrogens is 368 g/mol. The van der Waals surface area contributed by atoms with E-state index in [4.69, 9.17) is 0 Å². The molecule has 22 heavy (non-hydrogen) atoms. The molecule has 2 N–H and O–H groups in total. The highest BCUT2D eigenvalue weighted by atomic mass is 79.9. The average Bonchev–Trinajstić information content (AvgIpc) is 2.56. The maximum absolute atomic E-state index is 12.1. The van der Waals surface area contributed by atoms with Gasteiger partial charge in [-0.1, -0.05) is 46.3 Å². The molecule has 1 aromatic carbocycles. The summed E-state index contributed by atoms with van der Waals surface area (Å²) in [5.41, 5.74) is 0.549. The zero-order chi connectivity index (χ0) is 16.4. The highest BCUT2D eigenvalue weighted by Crippen LogP contribution is 2.03. The summed E-state index contributed by atoms with van der Waals surface area (Å²) in [6.45, 7) is -0.0806. The summed E-state index contributed by atoms with van der Waals surface area (Å²) >= 11 is 4.64. The molecule has 1 atom stereocenters. The van der Waals surface area contributed by atoms with Crippen molar-refractivity contribution in [3.8, 4) is 0 Å². The van der Waals surface area contributed by atoms with Crippen LogP contribution in [0.5, 0.6) is 0 Å². The maximum atomic E-state index is 12.1. The molecule has 0 aromatic heterocycles. The quantitative estimate of drug-likeness (QED) is 0.499. The number of amides is 2. The van der Waals surface area contributed by atoms with E-state index < -0.39 is 6.04 Å². The molecule has 2 amide bonds. The molecule has 1 unspecified atom stereocenters. The zero-order valence-corrected chi connectivity index (χ0v) is 14.7. The molecule has 0 bridgehead atoms. The van der Waals surface area contributed by atoms with Gasteiger partial charge in [0.05, 0.1) is 11.9 Å². The van der Waals surface area contributed by atoms with E-state index in [1.165, 1.54) is 0 Å². The lowest BCUT2D eigenvalue weighted by atomic mass is 10.1. The van der Waals surface area contributed by atoms with Gasteiger partial charge in [-0.25, -0.2) is 0 Å². The number of hydrogen-bond donors (Lipinski definition) is 2. The van der Waals surface area contributed by atoms with Crippen molar-refractivity contribution in [3.05, 3.63) is 35.9 Å². The molecule has 0 aliphatic carbocycles. The largest absolute Gasteiger partial charge is 0.347 e. The molecule has 0 heterocycles. The fourth-order valence-electron chi connectivity index (χ4n) is 1.75. The first kappa shape index (κ1) is 18.7. The molecule has 0 aliphatic rings. The molecule has 0 saturated heterocycles. The minimum atomic E-state index is -0.624. The highest BCUT2D eigenvalue weighted by molar-refractivity contribution is 9.09. The monoisotopic (exact) mass is 386 g/mol. The summed E-state index contributed by atoms with van der Waals surface area (Å²) in [4.78, 5) is 35.5. The minimum absolute atomic E-state index is 0.0806. The van der Waals surface area contributed by atoms with E-state index in [2.05, 4.69) is 26.6 Å². The van der Waals surface area contributed by atoms with E-state index in [0.717, 1.165) is 5.75 Å². The number of thioether (sulfide) groups is 1. The first-order valence-corrected chi connectivity index (χ1v) is 9.30. The lowest BCUT2D eigenvalue weighted by Gasteiger charge is -2.17. The van der Waals surface area contributed by atoms with Gasteiger partial charge in [0.2, 0.25) is 11.8 Å². The Bertz CT molecular complexity index is 511. The topological polar surface area (TPSA) is 75.3 Å². The molecule has 1 aromatic rings. The smallest absolute Gasteiger partial charge is 0.242 e. The van der Waals surface area contributed by atoms with Crippen LogP contribution in [0.4, 0.5) is 0 Å². The van der Waals surface area contributed by atoms with Gasteiger partial charge in [-0.3, -0.25) is 14.4 Å². The Balaban J connectivity index is 2.54. The van der Waals surface area contributed by atoms with Gasteiger partial charge in [-0.05, 0) is 18.4 Å². The Labute approximate surface area is 142 Å². The van der Waals surface area contributed by atoms with Gasteiger partial charge in [0, 0.05) is 5.56 Å². The van der Waals surface area contributed by atoms with Crippen LogP contribution in [0.1, 0.15) is 16.8 Å². The Morgan fingerprint density at radius 1 is 1.23 bits per heavy atom. The van der Waals surface area contributed by atoms with Crippen molar-refractivity contribution in [2.75, 3.05) is 23.9 Å². The van der Waals surface area contributed by atoms with Crippen LogP contribution < -0.4 is 10.6 Å². The van der Waals surface area contributed by atoms with E-state index in [1.807, 2.05) is 12.3 Å². The summed E-state index contributed by atoms with van der Waals surface area (Å²) in [7, 11) is 0. The second-order valence-electron chi connectivity index (χ2n) is 4.54. The number of ketones is 1. The predicted octanol–water partition coefficient (Wildman–Crippen LogP) is 1.62. The predicted molar refractivity (Wildman–Crippen MR) is 92.5 cm³/mol. The second kappa shape index (κ2) is 10.4. The van der Waals surface area contributed by atoms with E-state index in [-0.39, 0.29) is 29.5 Å². The van der Waals surface area contributed by atoms with Crippen LogP contribution in [0, 0.1) is 0 Å². The number of benzene rings is 1. The van der Waals surface area contributed by atoms with Crippen LogP contribution in [-0.4, -0.2) is 47.5 Å². The lowest BCUT2D eigenvalue weighted by Crippen LogP contribution is -2.48. The van der Waals surface area contributed by atoms with Gasteiger partial charge in [0.15, 0.2) is 5.78 Å². The van der Waals surface area contributed by atoms with Gasteiger partial charge in [-0.2, -0.15) is 11.8 Å². The van der Waals surface area contributed by atoms with Crippen molar-refractivity contribution in [1.29, 1.82) is 0 Å². The van der Waals surface area contributed by atoms with Crippen LogP contribution in [0.3, 0.4) is 0 Å². The maximum Gasteiger partial charge on any atom is 0.242 e. The molecular formula is C15H19BrN2O3S. The first-order valence-electron chi connectivity index (χ1n) is 6.78. The van der Waals surface area contributed by atoms with Crippen molar-refractivity contribution in [2.45, 2.75) is 12.5 Å². The van der Waals surface area contributed by atoms with E-state index in [1.54, 1.807) is 36.0 Å². The molecule has 7 heteroatoms. The number of Topliss-reactive ketones (excluding diaryl/α,β-unsaturated/α-hetero) is 1. The minimum Gasteiger partial charge on any atom is -0.347 e. The van der Waals surface area contributed by atoms with E-state index in [0.29, 0.717) is 12.0 Å². The number of rotatable bonds is 9. The van der Waals surface area contributed by atoms with Crippen LogP contribution in [0.2, 0.25) is 0 Å². The average molecular weight is 387 g/mol. The van der Waals surface area contributed by atoms with Crippen molar-refractivity contribution in [3.63, 3.8) is 0 Å². The molecule has 0 spiro atoms. The van der Waals surface area contributed by atoms with E-state index >= 15 is 0 Å². The van der Waals surface area contributed by atoms with E-state index in [9.17, 15) is 14.4 Å². The number of nitrogens with one attached hydrogen (secondary N) is 2. The molecule has 0 fully saturated rings. The molecule has 1 rings (SSSR count). The Hall–Kier alpha value is -1.34. The molecule has 0 radical (unpaired) electrons. The summed E-state index contributed by atoms with van der Waals surface area (Å²) in [5.74, 6) is -0.0135. The summed E-state index contributed by atoms with van der Waals surface area (Å²) in [5, 5.41) is 5.37. The fraction of sp³-hybridized carbons (Fsp3) is 0.400. The van der Waals surface area contributed by atoms with Gasteiger partial charge in [-0.15, -0.1) is 0 Å². The normalized spacial score (nSPS) is 11.5. The van der Waals surface area contributed by atoms with Crippen LogP contribution in [0.15, 0.2) is 30.3 Å². The summed E-state index contributed by atoms with van der Waals surface area (Å²) < 4.78 is 0. The second-order valence-corrected chi connectivity index (χ2v) is 6.09. The first-order chi connectivity index (χ1) is 10.6. The third kappa shape index (κ3) is 6.62. The van der Waals surface area contributed by atoms with Crippen molar-refractivity contribution in [2.24, 2.45) is 0 Å². The van der Waals surface area contributed by atoms with Gasteiger partial charge in [0.25, 0.3) is 0 Å². The third-order valence-electron chi connectivity index (χ3n) is 2.90. The highest BCUT2D eigenvalue weighted by Gasteiger charge is 2.20. The molecule has 0 saturated carbocycles. The number of carbonyl (C=O) groups is 3.